The van der Waals surface area contributed by atoms with E-state index in [1.54, 1.807) is 35.8 Å². The Bertz CT molecular complexity index is 1130. The van der Waals surface area contributed by atoms with Crippen molar-refractivity contribution in [3.63, 3.8) is 0 Å². The van der Waals surface area contributed by atoms with Crippen LogP contribution in [0.2, 0.25) is 0 Å². The number of carbonyl (C=O) groups excluding carboxylic acids is 2. The number of Topliss-reactive ketones (excluding diaryl/α,β-unsaturated/α-hetero) is 1. The van der Waals surface area contributed by atoms with Gasteiger partial charge >= 0.3 is 5.91 Å². The topological polar surface area (TPSA) is 79.7 Å². The number of benzene rings is 2. The standard InChI is InChI=1S/C22H17BrN2O4S/c1-2-29-16-8-6-13(7-9-16)19(26)17-18(14-4-3-5-15(23)12-14)25(21(28)20(17)27)22-24-10-11-30-22/h3-12,18,26H,2H2,1H3/t18-/m1/s1. The summed E-state index contributed by atoms with van der Waals surface area (Å²) in [6.45, 7) is 2.40. The fourth-order valence-corrected chi connectivity index (χ4v) is 4.47. The van der Waals surface area contributed by atoms with Crippen LogP contribution in [0.3, 0.4) is 0 Å². The van der Waals surface area contributed by atoms with Crippen molar-refractivity contribution < 1.29 is 19.4 Å². The first kappa shape index (κ1) is 20.3. The van der Waals surface area contributed by atoms with Crippen LogP contribution in [-0.2, 0) is 9.59 Å². The number of aliphatic hydroxyl groups excluding tert-OH is 1. The number of halogens is 1. The second-order valence-corrected chi connectivity index (χ2v) is 8.28. The Morgan fingerprint density at radius 2 is 2.00 bits per heavy atom. The minimum absolute atomic E-state index is 0.0254. The minimum atomic E-state index is -0.791. The van der Waals surface area contributed by atoms with Crippen LogP contribution in [0.1, 0.15) is 24.1 Å². The number of hydrogen-bond donors (Lipinski definition) is 1. The van der Waals surface area contributed by atoms with Crippen molar-refractivity contribution in [1.82, 2.24) is 4.98 Å². The van der Waals surface area contributed by atoms with E-state index in [1.807, 2.05) is 31.2 Å². The number of nitrogens with zero attached hydrogens (tertiary/aromatic N) is 2. The summed E-state index contributed by atoms with van der Waals surface area (Å²) in [7, 11) is 0. The molecule has 4 rings (SSSR count). The Kier molecular flexibility index (Phi) is 5.69. The van der Waals surface area contributed by atoms with Gasteiger partial charge in [-0.05, 0) is 48.9 Å². The lowest BCUT2D eigenvalue weighted by atomic mass is 9.95. The molecule has 0 aliphatic carbocycles. The van der Waals surface area contributed by atoms with E-state index in [0.717, 1.165) is 4.47 Å². The van der Waals surface area contributed by atoms with E-state index >= 15 is 0 Å². The number of ketones is 1. The summed E-state index contributed by atoms with van der Waals surface area (Å²) < 4.78 is 6.23. The maximum Gasteiger partial charge on any atom is 0.301 e. The van der Waals surface area contributed by atoms with Crippen LogP contribution in [0, 0.1) is 0 Å². The van der Waals surface area contributed by atoms with Gasteiger partial charge in [-0.3, -0.25) is 14.5 Å². The first-order chi connectivity index (χ1) is 14.5. The second-order valence-electron chi connectivity index (χ2n) is 6.50. The monoisotopic (exact) mass is 484 g/mol. The molecule has 0 saturated carbocycles. The van der Waals surface area contributed by atoms with E-state index in [1.165, 1.54) is 16.2 Å². The number of hydrogen-bond acceptors (Lipinski definition) is 6. The van der Waals surface area contributed by atoms with Crippen LogP contribution in [-0.4, -0.2) is 28.4 Å². The van der Waals surface area contributed by atoms with Gasteiger partial charge in [0.15, 0.2) is 5.13 Å². The number of amides is 1. The molecule has 0 spiro atoms. The highest BCUT2D eigenvalue weighted by atomic mass is 79.9. The largest absolute Gasteiger partial charge is 0.507 e. The predicted octanol–water partition coefficient (Wildman–Crippen LogP) is 4.93. The van der Waals surface area contributed by atoms with Gasteiger partial charge in [0.05, 0.1) is 18.2 Å². The molecule has 1 aromatic heterocycles. The maximum atomic E-state index is 13.0. The molecule has 1 aliphatic rings. The smallest absolute Gasteiger partial charge is 0.301 e. The van der Waals surface area contributed by atoms with E-state index in [9.17, 15) is 14.7 Å². The minimum Gasteiger partial charge on any atom is -0.507 e. The van der Waals surface area contributed by atoms with E-state index in [-0.39, 0.29) is 11.3 Å². The summed E-state index contributed by atoms with van der Waals surface area (Å²) in [5.74, 6) is -1.05. The van der Waals surface area contributed by atoms with E-state index in [4.69, 9.17) is 4.74 Å². The molecule has 1 fully saturated rings. The number of thiazole rings is 1. The Morgan fingerprint density at radius 1 is 1.23 bits per heavy atom. The highest BCUT2D eigenvalue weighted by molar-refractivity contribution is 9.10. The van der Waals surface area contributed by atoms with Crippen LogP contribution in [0.15, 0.2) is 70.2 Å². The van der Waals surface area contributed by atoms with Crippen molar-refractivity contribution in [1.29, 1.82) is 0 Å². The number of ether oxygens (including phenoxy) is 1. The molecule has 3 aromatic rings. The average molecular weight is 485 g/mol. The van der Waals surface area contributed by atoms with Crippen LogP contribution < -0.4 is 9.64 Å². The van der Waals surface area contributed by atoms with Crippen molar-refractivity contribution in [2.75, 3.05) is 11.5 Å². The summed E-state index contributed by atoms with van der Waals surface area (Å²) >= 11 is 4.69. The van der Waals surface area contributed by atoms with Gasteiger partial charge in [-0.1, -0.05) is 28.1 Å². The van der Waals surface area contributed by atoms with E-state index in [2.05, 4.69) is 20.9 Å². The van der Waals surface area contributed by atoms with Gasteiger partial charge in [-0.25, -0.2) is 4.98 Å². The zero-order chi connectivity index (χ0) is 21.3. The molecule has 0 radical (unpaired) electrons. The van der Waals surface area contributed by atoms with Gasteiger partial charge in [-0.2, -0.15) is 0 Å². The number of carbonyl (C=O) groups is 2. The Morgan fingerprint density at radius 3 is 2.63 bits per heavy atom. The van der Waals surface area contributed by atoms with Crippen molar-refractivity contribution in [3.8, 4) is 5.75 Å². The highest BCUT2D eigenvalue weighted by Crippen LogP contribution is 2.43. The molecule has 1 amide bonds. The third-order valence-corrected chi connectivity index (χ3v) is 5.94. The molecule has 30 heavy (non-hydrogen) atoms. The molecule has 6 nitrogen and oxygen atoms in total. The van der Waals surface area contributed by atoms with Crippen molar-refractivity contribution in [2.45, 2.75) is 13.0 Å². The van der Waals surface area contributed by atoms with Gasteiger partial charge in [-0.15, -0.1) is 11.3 Å². The molecule has 0 bridgehead atoms. The molecule has 8 heteroatoms. The van der Waals surface area contributed by atoms with Gasteiger partial charge in [0, 0.05) is 21.6 Å². The van der Waals surface area contributed by atoms with Crippen LogP contribution in [0.4, 0.5) is 5.13 Å². The fraction of sp³-hybridized carbons (Fsp3) is 0.136. The molecule has 2 aromatic carbocycles. The lowest BCUT2D eigenvalue weighted by molar-refractivity contribution is -0.132. The summed E-state index contributed by atoms with van der Waals surface area (Å²) in [6, 6.07) is 13.3. The van der Waals surface area contributed by atoms with Crippen molar-refractivity contribution >= 4 is 49.8 Å². The number of anilines is 1. The molecule has 1 N–H and O–H groups in total. The zero-order valence-corrected chi connectivity index (χ0v) is 18.3. The summed E-state index contributed by atoms with van der Waals surface area (Å²) in [5.41, 5.74) is 1.14. The van der Waals surface area contributed by atoms with Gasteiger partial charge in [0.25, 0.3) is 5.78 Å². The maximum absolute atomic E-state index is 13.0. The third-order valence-electron chi connectivity index (χ3n) is 4.67. The molecular formula is C22H17BrN2O4S. The zero-order valence-electron chi connectivity index (χ0n) is 15.9. The quantitative estimate of drug-likeness (QED) is 0.315. The SMILES string of the molecule is CCOc1ccc(C(O)=C2C(=O)C(=O)N(c3nccs3)[C@@H]2c2cccc(Br)c2)cc1. The predicted molar refractivity (Wildman–Crippen MR) is 119 cm³/mol. The lowest BCUT2D eigenvalue weighted by Gasteiger charge is -2.23. The van der Waals surface area contributed by atoms with Gasteiger partial charge in [0.1, 0.15) is 11.5 Å². The summed E-state index contributed by atoms with van der Waals surface area (Å²) in [6.07, 6.45) is 1.57. The lowest BCUT2D eigenvalue weighted by Crippen LogP contribution is -2.29. The van der Waals surface area contributed by atoms with Crippen LogP contribution >= 0.6 is 27.3 Å². The van der Waals surface area contributed by atoms with E-state index < -0.39 is 17.7 Å². The number of rotatable bonds is 5. The Balaban J connectivity index is 1.88. The summed E-state index contributed by atoms with van der Waals surface area (Å²) in [4.78, 5) is 31.5. The molecule has 1 saturated heterocycles. The normalized spacial score (nSPS) is 18.1. The second kappa shape index (κ2) is 8.41. The number of aliphatic hydroxyl groups is 1. The van der Waals surface area contributed by atoms with Crippen LogP contribution in [0.25, 0.3) is 5.76 Å². The Hall–Kier alpha value is -2.97. The Labute approximate surface area is 185 Å². The highest BCUT2D eigenvalue weighted by Gasteiger charge is 2.48. The average Bonchev–Trinajstić information content (AvgIpc) is 3.35. The fourth-order valence-electron chi connectivity index (χ4n) is 3.39. The molecular weight excluding hydrogens is 468 g/mol. The molecule has 2 heterocycles. The van der Waals surface area contributed by atoms with Gasteiger partial charge in [0.2, 0.25) is 0 Å². The third kappa shape index (κ3) is 3.64. The summed E-state index contributed by atoms with van der Waals surface area (Å²) in [5, 5.41) is 13.2. The van der Waals surface area contributed by atoms with Crippen molar-refractivity contribution in [3.05, 3.63) is 81.3 Å². The molecule has 1 aliphatic heterocycles. The molecule has 0 unspecified atom stereocenters. The molecule has 152 valence electrons. The molecule has 1 atom stereocenters. The van der Waals surface area contributed by atoms with E-state index in [0.29, 0.717) is 28.6 Å². The number of aromatic nitrogens is 1. The first-order valence-electron chi connectivity index (χ1n) is 9.20. The van der Waals surface area contributed by atoms with Crippen LogP contribution in [0.5, 0.6) is 5.75 Å². The first-order valence-corrected chi connectivity index (χ1v) is 10.9. The van der Waals surface area contributed by atoms with Crippen molar-refractivity contribution in [2.24, 2.45) is 0 Å². The van der Waals surface area contributed by atoms with Gasteiger partial charge < -0.3 is 9.84 Å².